The molecule has 1 aliphatic heterocycles. The Labute approximate surface area is 101 Å². The van der Waals surface area contributed by atoms with Crippen LogP contribution in [0.15, 0.2) is 18.2 Å². The van der Waals surface area contributed by atoms with Crippen LogP contribution in [0.1, 0.15) is 20.3 Å². The zero-order valence-electron chi connectivity index (χ0n) is 10.5. The number of hydrogen-bond donors (Lipinski definition) is 2. The van der Waals surface area contributed by atoms with Gasteiger partial charge in [-0.15, -0.1) is 0 Å². The number of methoxy groups -OCH3 is 1. The third-order valence-electron chi connectivity index (χ3n) is 3.47. The van der Waals surface area contributed by atoms with Crippen molar-refractivity contribution in [2.75, 3.05) is 24.3 Å². The van der Waals surface area contributed by atoms with E-state index < -0.39 is 0 Å². The summed E-state index contributed by atoms with van der Waals surface area (Å²) in [6.45, 7) is 4.64. The SMILES string of the molecule is CCC1(C)CNc2ccc(OC)cc2NC1=O. The summed E-state index contributed by atoms with van der Waals surface area (Å²) in [5, 5.41) is 6.27. The molecule has 4 heteroatoms. The van der Waals surface area contributed by atoms with Crippen molar-refractivity contribution < 1.29 is 9.53 Å². The summed E-state index contributed by atoms with van der Waals surface area (Å²) in [7, 11) is 1.61. The van der Waals surface area contributed by atoms with Gasteiger partial charge in [0.05, 0.1) is 23.9 Å². The third kappa shape index (κ3) is 2.07. The average Bonchev–Trinajstić information content (AvgIpc) is 2.47. The summed E-state index contributed by atoms with van der Waals surface area (Å²) in [6.07, 6.45) is 0.803. The fourth-order valence-electron chi connectivity index (χ4n) is 1.84. The van der Waals surface area contributed by atoms with Gasteiger partial charge in [-0.3, -0.25) is 4.79 Å². The van der Waals surface area contributed by atoms with E-state index in [0.29, 0.717) is 6.54 Å². The van der Waals surface area contributed by atoms with Gasteiger partial charge >= 0.3 is 0 Å². The van der Waals surface area contributed by atoms with Gasteiger partial charge in [0.1, 0.15) is 5.75 Å². The zero-order chi connectivity index (χ0) is 12.5. The van der Waals surface area contributed by atoms with Crippen LogP contribution in [0.2, 0.25) is 0 Å². The van der Waals surface area contributed by atoms with E-state index in [1.54, 1.807) is 7.11 Å². The number of rotatable bonds is 2. The predicted octanol–water partition coefficient (Wildman–Crippen LogP) is 2.48. The smallest absolute Gasteiger partial charge is 0.232 e. The highest BCUT2D eigenvalue weighted by Gasteiger charge is 2.33. The van der Waals surface area contributed by atoms with Gasteiger partial charge in [0.2, 0.25) is 5.91 Å². The van der Waals surface area contributed by atoms with Gasteiger partial charge in [0.25, 0.3) is 0 Å². The van der Waals surface area contributed by atoms with E-state index in [-0.39, 0.29) is 11.3 Å². The largest absolute Gasteiger partial charge is 0.497 e. The number of benzene rings is 1. The molecule has 1 aromatic carbocycles. The number of nitrogens with one attached hydrogen (secondary N) is 2. The number of carbonyl (C=O) groups is 1. The number of carbonyl (C=O) groups excluding carboxylic acids is 1. The molecule has 1 atom stereocenters. The zero-order valence-corrected chi connectivity index (χ0v) is 10.5. The monoisotopic (exact) mass is 234 g/mol. The Morgan fingerprint density at radius 1 is 1.41 bits per heavy atom. The van der Waals surface area contributed by atoms with Crippen LogP contribution in [0.3, 0.4) is 0 Å². The van der Waals surface area contributed by atoms with Gasteiger partial charge in [-0.25, -0.2) is 0 Å². The van der Waals surface area contributed by atoms with Gasteiger partial charge in [-0.2, -0.15) is 0 Å². The maximum atomic E-state index is 12.1. The van der Waals surface area contributed by atoms with Crippen LogP contribution in [-0.4, -0.2) is 19.6 Å². The van der Waals surface area contributed by atoms with Gasteiger partial charge < -0.3 is 15.4 Å². The van der Waals surface area contributed by atoms with Crippen molar-refractivity contribution in [3.05, 3.63) is 18.2 Å². The highest BCUT2D eigenvalue weighted by atomic mass is 16.5. The number of fused-ring (bicyclic) bond motifs is 1. The normalized spacial score (nSPS) is 23.1. The van der Waals surface area contributed by atoms with Crippen LogP contribution in [0.5, 0.6) is 5.75 Å². The van der Waals surface area contributed by atoms with Crippen molar-refractivity contribution in [1.29, 1.82) is 0 Å². The summed E-state index contributed by atoms with van der Waals surface area (Å²) < 4.78 is 5.16. The summed E-state index contributed by atoms with van der Waals surface area (Å²) >= 11 is 0. The first-order chi connectivity index (χ1) is 8.09. The van der Waals surface area contributed by atoms with Crippen molar-refractivity contribution in [3.63, 3.8) is 0 Å². The van der Waals surface area contributed by atoms with Crippen molar-refractivity contribution in [1.82, 2.24) is 0 Å². The molecule has 0 bridgehead atoms. The molecule has 17 heavy (non-hydrogen) atoms. The Hall–Kier alpha value is -1.71. The van der Waals surface area contributed by atoms with E-state index >= 15 is 0 Å². The number of ether oxygens (including phenoxy) is 1. The molecular weight excluding hydrogens is 216 g/mol. The summed E-state index contributed by atoms with van der Waals surface area (Å²) in [4.78, 5) is 12.1. The van der Waals surface area contributed by atoms with Gasteiger partial charge in [0.15, 0.2) is 0 Å². The Bertz CT molecular complexity index is 445. The van der Waals surface area contributed by atoms with Crippen LogP contribution in [-0.2, 0) is 4.79 Å². The van der Waals surface area contributed by atoms with E-state index in [9.17, 15) is 4.79 Å². The lowest BCUT2D eigenvalue weighted by atomic mass is 9.86. The minimum Gasteiger partial charge on any atom is -0.497 e. The van der Waals surface area contributed by atoms with Gasteiger partial charge in [0, 0.05) is 12.6 Å². The second-order valence-corrected chi connectivity index (χ2v) is 4.63. The first-order valence-electron chi connectivity index (χ1n) is 5.82. The molecule has 0 saturated carbocycles. The first kappa shape index (κ1) is 11.8. The molecule has 1 unspecified atom stereocenters. The molecule has 1 aromatic rings. The van der Waals surface area contributed by atoms with Crippen LogP contribution >= 0.6 is 0 Å². The standard InChI is InChI=1S/C13H18N2O2/c1-4-13(2)8-14-10-6-5-9(17-3)7-11(10)15-12(13)16/h5-7,14H,4,8H2,1-3H3,(H,15,16). The van der Waals surface area contributed by atoms with E-state index in [1.807, 2.05) is 32.0 Å². The molecule has 92 valence electrons. The minimum absolute atomic E-state index is 0.0551. The maximum absolute atomic E-state index is 12.1. The Kier molecular flexibility index (Phi) is 2.96. The van der Waals surface area contributed by atoms with Gasteiger partial charge in [-0.1, -0.05) is 6.92 Å². The van der Waals surface area contributed by atoms with E-state index in [4.69, 9.17) is 4.74 Å². The topological polar surface area (TPSA) is 50.4 Å². The molecule has 0 radical (unpaired) electrons. The maximum Gasteiger partial charge on any atom is 0.232 e. The van der Waals surface area contributed by atoms with E-state index in [2.05, 4.69) is 10.6 Å². The molecule has 1 aliphatic rings. The molecule has 4 nitrogen and oxygen atoms in total. The fraction of sp³-hybridized carbons (Fsp3) is 0.462. The molecule has 2 rings (SSSR count). The third-order valence-corrected chi connectivity index (χ3v) is 3.47. The van der Waals surface area contributed by atoms with Crippen molar-refractivity contribution in [3.8, 4) is 5.75 Å². The minimum atomic E-state index is -0.369. The van der Waals surface area contributed by atoms with Crippen molar-refractivity contribution in [2.24, 2.45) is 5.41 Å². The fourth-order valence-corrected chi connectivity index (χ4v) is 1.84. The summed E-state index contributed by atoms with van der Waals surface area (Å²) in [5.74, 6) is 0.797. The summed E-state index contributed by atoms with van der Waals surface area (Å²) in [5.41, 5.74) is 1.36. The molecule has 1 amide bonds. The van der Waals surface area contributed by atoms with E-state index in [1.165, 1.54) is 0 Å². The molecule has 2 N–H and O–H groups in total. The Morgan fingerprint density at radius 2 is 2.18 bits per heavy atom. The highest BCUT2D eigenvalue weighted by molar-refractivity contribution is 5.99. The van der Waals surface area contributed by atoms with Crippen LogP contribution in [0.25, 0.3) is 0 Å². The lowest BCUT2D eigenvalue weighted by Crippen LogP contribution is -2.36. The lowest BCUT2D eigenvalue weighted by molar-refractivity contribution is -0.124. The molecular formula is C13H18N2O2. The Morgan fingerprint density at radius 3 is 2.82 bits per heavy atom. The molecule has 0 spiro atoms. The molecule has 0 saturated heterocycles. The summed E-state index contributed by atoms with van der Waals surface area (Å²) in [6, 6.07) is 5.64. The van der Waals surface area contributed by atoms with Crippen LogP contribution < -0.4 is 15.4 Å². The molecule has 0 aliphatic carbocycles. The van der Waals surface area contributed by atoms with Crippen molar-refractivity contribution >= 4 is 17.3 Å². The average molecular weight is 234 g/mol. The number of amides is 1. The molecule has 0 aromatic heterocycles. The Balaban J connectivity index is 2.35. The van der Waals surface area contributed by atoms with Crippen molar-refractivity contribution in [2.45, 2.75) is 20.3 Å². The number of hydrogen-bond acceptors (Lipinski definition) is 3. The highest BCUT2D eigenvalue weighted by Crippen LogP contribution is 2.34. The lowest BCUT2D eigenvalue weighted by Gasteiger charge is -2.23. The quantitative estimate of drug-likeness (QED) is 0.826. The second kappa shape index (κ2) is 4.28. The van der Waals surface area contributed by atoms with E-state index in [0.717, 1.165) is 23.5 Å². The molecule has 0 fully saturated rings. The van der Waals surface area contributed by atoms with Crippen LogP contribution in [0.4, 0.5) is 11.4 Å². The van der Waals surface area contributed by atoms with Crippen LogP contribution in [0, 0.1) is 5.41 Å². The first-order valence-corrected chi connectivity index (χ1v) is 5.82. The molecule has 1 heterocycles. The second-order valence-electron chi connectivity index (χ2n) is 4.63. The number of anilines is 2. The predicted molar refractivity (Wildman–Crippen MR) is 68.5 cm³/mol. The van der Waals surface area contributed by atoms with Gasteiger partial charge in [-0.05, 0) is 25.5 Å².